The Morgan fingerprint density at radius 3 is 2.91 bits per heavy atom. The summed E-state index contributed by atoms with van der Waals surface area (Å²) in [5.74, 6) is 0.926. The molecule has 22 heavy (non-hydrogen) atoms. The van der Waals surface area contributed by atoms with Gasteiger partial charge >= 0.3 is 0 Å². The quantitative estimate of drug-likeness (QED) is 0.912. The van der Waals surface area contributed by atoms with Crippen molar-refractivity contribution in [2.45, 2.75) is 6.42 Å². The van der Waals surface area contributed by atoms with E-state index in [1.54, 1.807) is 4.90 Å². The molecule has 1 amide bonds. The fraction of sp³-hybridized carbons (Fsp3) is 0.375. The van der Waals surface area contributed by atoms with E-state index in [-0.39, 0.29) is 5.91 Å². The SMILES string of the molecule is O=C(c1cc(-c2ccc3c(c2)CCO3)n[nH]1)N1CCOCC1. The van der Waals surface area contributed by atoms with Crippen LogP contribution in [0.25, 0.3) is 11.3 Å². The molecule has 0 aliphatic carbocycles. The predicted octanol–water partition coefficient (Wildman–Crippen LogP) is 1.48. The van der Waals surface area contributed by atoms with Crippen molar-refractivity contribution in [3.05, 3.63) is 35.5 Å². The molecule has 0 bridgehead atoms. The Bertz CT molecular complexity index is 704. The van der Waals surface area contributed by atoms with Crippen LogP contribution in [0.1, 0.15) is 16.1 Å². The summed E-state index contributed by atoms with van der Waals surface area (Å²) in [5, 5.41) is 7.14. The highest BCUT2D eigenvalue weighted by molar-refractivity contribution is 5.93. The fourth-order valence-electron chi connectivity index (χ4n) is 2.86. The number of hydrogen-bond donors (Lipinski definition) is 1. The molecule has 6 heteroatoms. The molecule has 2 aliphatic heterocycles. The minimum absolute atomic E-state index is 0.0217. The van der Waals surface area contributed by atoms with Crippen LogP contribution in [0, 0.1) is 0 Å². The van der Waals surface area contributed by atoms with Crippen molar-refractivity contribution >= 4 is 5.91 Å². The number of fused-ring (bicyclic) bond motifs is 1. The number of nitrogens with one attached hydrogen (secondary N) is 1. The lowest BCUT2D eigenvalue weighted by Gasteiger charge is -2.26. The number of rotatable bonds is 2. The molecule has 0 spiro atoms. The van der Waals surface area contributed by atoms with E-state index in [2.05, 4.69) is 16.3 Å². The van der Waals surface area contributed by atoms with Crippen molar-refractivity contribution in [2.75, 3.05) is 32.9 Å². The standard InChI is InChI=1S/C16H17N3O3/c20-16(19-4-7-21-8-5-19)14-10-13(17-18-14)11-1-2-15-12(9-11)3-6-22-15/h1-2,9-10H,3-8H2,(H,17,18). The highest BCUT2D eigenvalue weighted by atomic mass is 16.5. The molecule has 0 atom stereocenters. The van der Waals surface area contributed by atoms with Crippen molar-refractivity contribution in [3.8, 4) is 17.0 Å². The van der Waals surface area contributed by atoms with Gasteiger partial charge in [0.1, 0.15) is 11.4 Å². The lowest BCUT2D eigenvalue weighted by Crippen LogP contribution is -2.40. The van der Waals surface area contributed by atoms with Gasteiger partial charge in [-0.15, -0.1) is 0 Å². The number of ether oxygens (including phenoxy) is 2. The first-order valence-electron chi connectivity index (χ1n) is 7.50. The molecule has 1 aromatic carbocycles. The Balaban J connectivity index is 1.57. The molecule has 3 heterocycles. The molecule has 6 nitrogen and oxygen atoms in total. The first-order valence-corrected chi connectivity index (χ1v) is 7.50. The van der Waals surface area contributed by atoms with E-state index in [1.807, 2.05) is 18.2 Å². The molecule has 1 aromatic heterocycles. The van der Waals surface area contributed by atoms with Gasteiger partial charge in [-0.05, 0) is 29.8 Å². The van der Waals surface area contributed by atoms with Gasteiger partial charge in [-0.25, -0.2) is 0 Å². The first kappa shape index (κ1) is 13.3. The van der Waals surface area contributed by atoms with Crippen LogP contribution in [0.3, 0.4) is 0 Å². The Morgan fingerprint density at radius 1 is 1.18 bits per heavy atom. The number of morpholine rings is 1. The number of H-pyrrole nitrogens is 1. The maximum absolute atomic E-state index is 12.4. The summed E-state index contributed by atoms with van der Waals surface area (Å²) in [6.45, 7) is 3.18. The average Bonchev–Trinajstić information content (AvgIpc) is 3.23. The Labute approximate surface area is 128 Å². The summed E-state index contributed by atoms with van der Waals surface area (Å²) < 4.78 is 10.8. The van der Waals surface area contributed by atoms with E-state index < -0.39 is 0 Å². The third-order valence-electron chi connectivity index (χ3n) is 4.09. The second kappa shape index (κ2) is 5.46. The van der Waals surface area contributed by atoms with Crippen molar-refractivity contribution in [1.29, 1.82) is 0 Å². The summed E-state index contributed by atoms with van der Waals surface area (Å²) in [6.07, 6.45) is 0.924. The number of amides is 1. The Hall–Kier alpha value is -2.34. The maximum atomic E-state index is 12.4. The second-order valence-electron chi connectivity index (χ2n) is 5.49. The molecule has 4 rings (SSSR count). The maximum Gasteiger partial charge on any atom is 0.272 e. The van der Waals surface area contributed by atoms with Gasteiger partial charge in [0.15, 0.2) is 0 Å². The summed E-state index contributed by atoms with van der Waals surface area (Å²) in [7, 11) is 0. The molecule has 2 aromatic rings. The van der Waals surface area contributed by atoms with E-state index in [9.17, 15) is 4.79 Å². The van der Waals surface area contributed by atoms with Crippen LogP contribution in [0.2, 0.25) is 0 Å². The van der Waals surface area contributed by atoms with E-state index >= 15 is 0 Å². The molecule has 2 aliphatic rings. The Kier molecular flexibility index (Phi) is 3.31. The highest BCUT2D eigenvalue weighted by Gasteiger charge is 2.21. The van der Waals surface area contributed by atoms with Gasteiger partial charge in [-0.2, -0.15) is 5.10 Å². The minimum Gasteiger partial charge on any atom is -0.493 e. The second-order valence-corrected chi connectivity index (χ2v) is 5.49. The van der Waals surface area contributed by atoms with Gasteiger partial charge in [-0.3, -0.25) is 9.89 Å². The van der Waals surface area contributed by atoms with E-state index in [0.717, 1.165) is 30.0 Å². The molecule has 1 N–H and O–H groups in total. The number of carbonyl (C=O) groups is 1. The lowest BCUT2D eigenvalue weighted by molar-refractivity contribution is 0.0299. The molecule has 0 unspecified atom stereocenters. The smallest absolute Gasteiger partial charge is 0.272 e. The lowest BCUT2D eigenvalue weighted by atomic mass is 10.1. The largest absolute Gasteiger partial charge is 0.493 e. The minimum atomic E-state index is -0.0217. The monoisotopic (exact) mass is 299 g/mol. The van der Waals surface area contributed by atoms with Crippen LogP contribution in [0.15, 0.2) is 24.3 Å². The van der Waals surface area contributed by atoms with Gasteiger partial charge < -0.3 is 14.4 Å². The van der Waals surface area contributed by atoms with Gasteiger partial charge in [0.05, 0.1) is 25.5 Å². The van der Waals surface area contributed by atoms with Crippen LogP contribution < -0.4 is 4.74 Å². The van der Waals surface area contributed by atoms with Crippen LogP contribution >= 0.6 is 0 Å². The van der Waals surface area contributed by atoms with E-state index in [1.165, 1.54) is 5.56 Å². The van der Waals surface area contributed by atoms with Crippen molar-refractivity contribution in [2.24, 2.45) is 0 Å². The molecule has 114 valence electrons. The predicted molar refractivity (Wildman–Crippen MR) is 79.9 cm³/mol. The van der Waals surface area contributed by atoms with Crippen LogP contribution in [0.5, 0.6) is 5.75 Å². The van der Waals surface area contributed by atoms with E-state index in [4.69, 9.17) is 9.47 Å². The van der Waals surface area contributed by atoms with Gasteiger partial charge in [-0.1, -0.05) is 0 Å². The molecular weight excluding hydrogens is 282 g/mol. The van der Waals surface area contributed by atoms with Crippen LogP contribution in [0.4, 0.5) is 0 Å². The summed E-state index contributed by atoms with van der Waals surface area (Å²) in [6, 6.07) is 7.84. The van der Waals surface area contributed by atoms with Gasteiger partial charge in [0.2, 0.25) is 0 Å². The molecule has 0 saturated carbocycles. The molecule has 1 fully saturated rings. The number of benzene rings is 1. The molecule has 1 saturated heterocycles. The van der Waals surface area contributed by atoms with Gasteiger partial charge in [0.25, 0.3) is 5.91 Å². The van der Waals surface area contributed by atoms with Crippen LogP contribution in [-0.4, -0.2) is 53.9 Å². The van der Waals surface area contributed by atoms with E-state index in [0.29, 0.717) is 32.0 Å². The molecular formula is C16H17N3O3. The van der Waals surface area contributed by atoms with Gasteiger partial charge in [0, 0.05) is 25.1 Å². The first-order chi connectivity index (χ1) is 10.8. The summed E-state index contributed by atoms with van der Waals surface area (Å²) in [4.78, 5) is 14.2. The molecule has 0 radical (unpaired) electrons. The Morgan fingerprint density at radius 2 is 2.05 bits per heavy atom. The zero-order valence-corrected chi connectivity index (χ0v) is 12.2. The van der Waals surface area contributed by atoms with Crippen molar-refractivity contribution in [3.63, 3.8) is 0 Å². The van der Waals surface area contributed by atoms with Crippen LogP contribution in [-0.2, 0) is 11.2 Å². The number of hydrogen-bond acceptors (Lipinski definition) is 4. The number of nitrogens with zero attached hydrogens (tertiary/aromatic N) is 2. The fourth-order valence-corrected chi connectivity index (χ4v) is 2.86. The summed E-state index contributed by atoms with van der Waals surface area (Å²) >= 11 is 0. The number of carbonyl (C=O) groups excluding carboxylic acids is 1. The number of aromatic nitrogens is 2. The van der Waals surface area contributed by atoms with Crippen molar-refractivity contribution in [1.82, 2.24) is 15.1 Å². The average molecular weight is 299 g/mol. The number of aromatic amines is 1. The topological polar surface area (TPSA) is 67.5 Å². The third kappa shape index (κ3) is 2.35. The highest BCUT2D eigenvalue weighted by Crippen LogP contribution is 2.30. The zero-order chi connectivity index (χ0) is 14.9. The third-order valence-corrected chi connectivity index (χ3v) is 4.09. The normalized spacial score (nSPS) is 17.2. The van der Waals surface area contributed by atoms with Crippen molar-refractivity contribution < 1.29 is 14.3 Å². The zero-order valence-electron chi connectivity index (χ0n) is 12.2. The summed E-state index contributed by atoms with van der Waals surface area (Å²) in [5.41, 5.74) is 3.50.